The lowest BCUT2D eigenvalue weighted by atomic mass is 10.1. The Balaban J connectivity index is 1.63. The number of hydrogen-bond donors (Lipinski definition) is 1. The standard InChI is InChI=1S/C23H28N6/c1-16-12-22-21(28(16)14-18-8-5-4-6-9-18)13-20(23-26-25-17(2)29(22)23)24-19-10-7-11-27(3)15-19/h4-6,8-9,12-13,19,24H,7,10-11,14-15H2,1-3H3. The van der Waals surface area contributed by atoms with E-state index in [1.807, 2.05) is 6.92 Å². The van der Waals surface area contributed by atoms with Crippen molar-refractivity contribution in [1.29, 1.82) is 0 Å². The average molecular weight is 389 g/mol. The van der Waals surface area contributed by atoms with Crippen molar-refractivity contribution in [1.82, 2.24) is 24.1 Å². The topological polar surface area (TPSA) is 50.4 Å². The molecule has 1 N–H and O–H groups in total. The van der Waals surface area contributed by atoms with Crippen molar-refractivity contribution in [3.8, 4) is 0 Å². The Morgan fingerprint density at radius 2 is 1.90 bits per heavy atom. The Bertz CT molecular complexity index is 1160. The zero-order valence-electron chi connectivity index (χ0n) is 17.4. The largest absolute Gasteiger partial charge is 0.378 e. The number of anilines is 1. The normalized spacial score (nSPS) is 18.0. The monoisotopic (exact) mass is 388 g/mol. The fraction of sp³-hybridized carbons (Fsp3) is 0.391. The maximum atomic E-state index is 4.50. The van der Waals surface area contributed by atoms with Gasteiger partial charge < -0.3 is 14.8 Å². The molecule has 150 valence electrons. The number of aromatic nitrogens is 4. The van der Waals surface area contributed by atoms with Crippen molar-refractivity contribution in [3.63, 3.8) is 0 Å². The van der Waals surface area contributed by atoms with Gasteiger partial charge in [-0.05, 0) is 58.0 Å². The van der Waals surface area contributed by atoms with Gasteiger partial charge in [0.05, 0.1) is 16.7 Å². The maximum Gasteiger partial charge on any atom is 0.184 e. The molecule has 0 spiro atoms. The molecule has 1 atom stereocenters. The summed E-state index contributed by atoms with van der Waals surface area (Å²) in [6.45, 7) is 7.30. The summed E-state index contributed by atoms with van der Waals surface area (Å²) < 4.78 is 4.58. The van der Waals surface area contributed by atoms with E-state index in [1.54, 1.807) is 0 Å². The highest BCUT2D eigenvalue weighted by Gasteiger charge is 2.21. The zero-order chi connectivity index (χ0) is 20.0. The molecule has 1 saturated heterocycles. The summed E-state index contributed by atoms with van der Waals surface area (Å²) in [5.41, 5.74) is 6.92. The molecule has 1 aliphatic heterocycles. The second kappa shape index (κ2) is 7.19. The van der Waals surface area contributed by atoms with E-state index in [1.165, 1.54) is 41.7 Å². The summed E-state index contributed by atoms with van der Waals surface area (Å²) in [6, 6.07) is 15.6. The minimum absolute atomic E-state index is 0.436. The van der Waals surface area contributed by atoms with Crippen LogP contribution in [0.1, 0.15) is 29.9 Å². The third kappa shape index (κ3) is 3.27. The molecule has 6 heteroatoms. The highest BCUT2D eigenvalue weighted by atomic mass is 15.3. The van der Waals surface area contributed by atoms with E-state index < -0.39 is 0 Å². The summed E-state index contributed by atoms with van der Waals surface area (Å²) in [6.07, 6.45) is 2.41. The molecular weight excluding hydrogens is 360 g/mol. The molecule has 1 aliphatic rings. The highest BCUT2D eigenvalue weighted by Crippen LogP contribution is 2.29. The van der Waals surface area contributed by atoms with Gasteiger partial charge in [0.2, 0.25) is 0 Å². The predicted octanol–water partition coefficient (Wildman–Crippen LogP) is 3.86. The van der Waals surface area contributed by atoms with E-state index in [0.29, 0.717) is 6.04 Å². The lowest BCUT2D eigenvalue weighted by molar-refractivity contribution is 0.261. The van der Waals surface area contributed by atoms with Gasteiger partial charge in [0.15, 0.2) is 5.65 Å². The van der Waals surface area contributed by atoms with Gasteiger partial charge in [0, 0.05) is 24.8 Å². The minimum Gasteiger partial charge on any atom is -0.378 e. The third-order valence-corrected chi connectivity index (χ3v) is 6.08. The van der Waals surface area contributed by atoms with Gasteiger partial charge >= 0.3 is 0 Å². The van der Waals surface area contributed by atoms with Crippen molar-refractivity contribution < 1.29 is 0 Å². The Morgan fingerprint density at radius 3 is 2.69 bits per heavy atom. The van der Waals surface area contributed by atoms with Gasteiger partial charge in [0.1, 0.15) is 5.82 Å². The molecule has 1 unspecified atom stereocenters. The van der Waals surface area contributed by atoms with Crippen molar-refractivity contribution in [2.45, 2.75) is 39.3 Å². The number of rotatable bonds is 4. The van der Waals surface area contributed by atoms with E-state index in [4.69, 9.17) is 0 Å². The molecule has 4 aromatic rings. The molecule has 0 aliphatic carbocycles. The number of likely N-dealkylation sites (tertiary alicyclic amines) is 1. The fourth-order valence-electron chi connectivity index (χ4n) is 4.62. The Kier molecular flexibility index (Phi) is 4.51. The number of likely N-dealkylation sites (N-methyl/N-ethyl adjacent to an activating group) is 1. The maximum absolute atomic E-state index is 4.50. The van der Waals surface area contributed by atoms with Gasteiger partial charge in [-0.2, -0.15) is 0 Å². The Morgan fingerprint density at radius 1 is 1.07 bits per heavy atom. The quantitative estimate of drug-likeness (QED) is 0.577. The fourth-order valence-corrected chi connectivity index (χ4v) is 4.62. The number of nitrogens with zero attached hydrogens (tertiary/aromatic N) is 5. The summed E-state index contributed by atoms with van der Waals surface area (Å²) in [5.74, 6) is 0.922. The van der Waals surface area contributed by atoms with Gasteiger partial charge in [0.25, 0.3) is 0 Å². The summed E-state index contributed by atoms with van der Waals surface area (Å²) in [4.78, 5) is 2.40. The first-order valence-electron chi connectivity index (χ1n) is 10.4. The number of fused-ring (bicyclic) bond motifs is 3. The van der Waals surface area contributed by atoms with E-state index in [9.17, 15) is 0 Å². The van der Waals surface area contributed by atoms with Crippen molar-refractivity contribution in [2.24, 2.45) is 0 Å². The van der Waals surface area contributed by atoms with Crippen molar-refractivity contribution in [3.05, 3.63) is 59.5 Å². The van der Waals surface area contributed by atoms with Crippen molar-refractivity contribution in [2.75, 3.05) is 25.5 Å². The number of nitrogens with one attached hydrogen (secondary N) is 1. The van der Waals surface area contributed by atoms with Crippen LogP contribution >= 0.6 is 0 Å². The van der Waals surface area contributed by atoms with Gasteiger partial charge in [-0.1, -0.05) is 30.3 Å². The van der Waals surface area contributed by atoms with Gasteiger partial charge in [-0.3, -0.25) is 4.40 Å². The highest BCUT2D eigenvalue weighted by molar-refractivity contribution is 5.88. The minimum atomic E-state index is 0.436. The smallest absolute Gasteiger partial charge is 0.184 e. The van der Waals surface area contributed by atoms with Crippen LogP contribution in [0.15, 0.2) is 42.5 Å². The second-order valence-corrected chi connectivity index (χ2v) is 8.34. The first-order valence-corrected chi connectivity index (χ1v) is 10.4. The Labute approximate surface area is 171 Å². The molecule has 0 radical (unpaired) electrons. The average Bonchev–Trinajstić information content (AvgIpc) is 3.24. The van der Waals surface area contributed by atoms with Crippen LogP contribution < -0.4 is 5.32 Å². The molecule has 4 heterocycles. The molecular formula is C23H28N6. The van der Waals surface area contributed by atoms with Crippen LogP contribution in [-0.2, 0) is 6.54 Å². The molecule has 0 saturated carbocycles. The van der Waals surface area contributed by atoms with Crippen molar-refractivity contribution >= 4 is 22.4 Å². The number of aryl methyl sites for hydroxylation is 2. The number of pyridine rings is 1. The summed E-state index contributed by atoms with van der Waals surface area (Å²) in [5, 5.41) is 12.7. The first kappa shape index (κ1) is 18.2. The molecule has 3 aromatic heterocycles. The predicted molar refractivity (Wildman–Crippen MR) is 118 cm³/mol. The zero-order valence-corrected chi connectivity index (χ0v) is 17.4. The van der Waals surface area contributed by atoms with Crippen LogP contribution in [0.5, 0.6) is 0 Å². The molecule has 6 nitrogen and oxygen atoms in total. The van der Waals surface area contributed by atoms with E-state index in [2.05, 4.69) is 85.8 Å². The number of benzene rings is 1. The summed E-state index contributed by atoms with van der Waals surface area (Å²) >= 11 is 0. The molecule has 0 bridgehead atoms. The Hall–Kier alpha value is -2.86. The molecule has 0 amide bonds. The van der Waals surface area contributed by atoms with Gasteiger partial charge in [-0.15, -0.1) is 10.2 Å². The van der Waals surface area contributed by atoms with Crippen LogP contribution in [-0.4, -0.2) is 50.2 Å². The molecule has 1 aromatic carbocycles. The third-order valence-electron chi connectivity index (χ3n) is 6.08. The number of piperidine rings is 1. The molecule has 29 heavy (non-hydrogen) atoms. The van der Waals surface area contributed by atoms with Crippen LogP contribution in [0.2, 0.25) is 0 Å². The second-order valence-electron chi connectivity index (χ2n) is 8.34. The van der Waals surface area contributed by atoms with E-state index in [-0.39, 0.29) is 0 Å². The van der Waals surface area contributed by atoms with Crippen LogP contribution in [0.3, 0.4) is 0 Å². The van der Waals surface area contributed by atoms with E-state index in [0.717, 1.165) is 30.2 Å². The van der Waals surface area contributed by atoms with Crippen LogP contribution in [0, 0.1) is 13.8 Å². The first-order chi connectivity index (χ1) is 14.1. The lowest BCUT2D eigenvalue weighted by Gasteiger charge is -2.31. The van der Waals surface area contributed by atoms with E-state index >= 15 is 0 Å². The lowest BCUT2D eigenvalue weighted by Crippen LogP contribution is -2.39. The number of hydrogen-bond acceptors (Lipinski definition) is 4. The SMILES string of the molecule is Cc1cc2c(cc(NC3CCCN(C)C3)c3nnc(C)n32)n1Cc1ccccc1. The van der Waals surface area contributed by atoms with Crippen LogP contribution in [0.4, 0.5) is 5.69 Å². The van der Waals surface area contributed by atoms with Crippen LogP contribution in [0.25, 0.3) is 16.7 Å². The van der Waals surface area contributed by atoms with Gasteiger partial charge in [-0.25, -0.2) is 0 Å². The molecule has 5 rings (SSSR count). The summed E-state index contributed by atoms with van der Waals surface area (Å²) in [7, 11) is 2.20. The molecule has 1 fully saturated rings.